The quantitative estimate of drug-likeness (QED) is 0.864. The lowest BCUT2D eigenvalue weighted by molar-refractivity contribution is 0.0934. The van der Waals surface area contributed by atoms with Crippen LogP contribution in [0.15, 0.2) is 18.2 Å². The summed E-state index contributed by atoms with van der Waals surface area (Å²) in [5.74, 6) is -0.139. The van der Waals surface area contributed by atoms with E-state index in [1.165, 1.54) is 16.7 Å². The minimum atomic E-state index is -0.139. The summed E-state index contributed by atoms with van der Waals surface area (Å²) in [5.41, 5.74) is 5.08. The van der Waals surface area contributed by atoms with Crippen molar-refractivity contribution >= 4 is 5.91 Å². The number of aryl methyl sites for hydroxylation is 2. The molecule has 1 aromatic carbocycles. The number of hydrogen-bond donors (Lipinski definition) is 2. The second-order valence-corrected chi connectivity index (χ2v) is 7.46. The molecular formula is C20H29N5O. The van der Waals surface area contributed by atoms with E-state index in [0.717, 1.165) is 38.0 Å². The molecule has 1 amide bonds. The number of rotatable bonds is 5. The van der Waals surface area contributed by atoms with Gasteiger partial charge in [-0.25, -0.2) is 4.68 Å². The van der Waals surface area contributed by atoms with E-state index in [1.807, 2.05) is 18.5 Å². The Kier molecular flexibility index (Phi) is 5.71. The van der Waals surface area contributed by atoms with Gasteiger partial charge in [-0.15, -0.1) is 5.10 Å². The molecule has 6 heteroatoms. The molecule has 26 heavy (non-hydrogen) atoms. The average molecular weight is 355 g/mol. The maximum atomic E-state index is 12.7. The first kappa shape index (κ1) is 18.6. The van der Waals surface area contributed by atoms with Crippen molar-refractivity contribution in [3.05, 3.63) is 46.3 Å². The van der Waals surface area contributed by atoms with Crippen molar-refractivity contribution in [2.24, 2.45) is 0 Å². The number of benzene rings is 1. The fraction of sp³-hybridized carbons (Fsp3) is 0.550. The monoisotopic (exact) mass is 355 g/mol. The molecule has 1 saturated heterocycles. The minimum absolute atomic E-state index is 0.0346. The third-order valence-corrected chi connectivity index (χ3v) is 5.20. The van der Waals surface area contributed by atoms with Gasteiger partial charge in [0.05, 0.1) is 11.7 Å². The molecule has 6 nitrogen and oxygen atoms in total. The lowest BCUT2D eigenvalue weighted by Gasteiger charge is -2.23. The van der Waals surface area contributed by atoms with Crippen molar-refractivity contribution in [3.63, 3.8) is 0 Å². The number of carbonyl (C=O) groups is 1. The molecule has 3 rings (SSSR count). The first-order valence-electron chi connectivity index (χ1n) is 9.45. The Labute approximate surface area is 155 Å². The van der Waals surface area contributed by atoms with Crippen LogP contribution in [0.5, 0.6) is 0 Å². The van der Waals surface area contributed by atoms with Crippen LogP contribution in [0.4, 0.5) is 0 Å². The van der Waals surface area contributed by atoms with E-state index in [1.54, 1.807) is 0 Å². The summed E-state index contributed by atoms with van der Waals surface area (Å²) in [6, 6.07) is 6.81. The smallest absolute Gasteiger partial charge is 0.273 e. The fourth-order valence-corrected chi connectivity index (χ4v) is 3.70. The lowest BCUT2D eigenvalue weighted by atomic mass is 10.00. The van der Waals surface area contributed by atoms with E-state index in [0.29, 0.717) is 11.7 Å². The molecule has 0 aliphatic carbocycles. The second-order valence-electron chi connectivity index (χ2n) is 7.46. The highest BCUT2D eigenvalue weighted by molar-refractivity contribution is 5.93. The third kappa shape index (κ3) is 4.12. The van der Waals surface area contributed by atoms with Gasteiger partial charge < -0.3 is 10.6 Å². The van der Waals surface area contributed by atoms with Gasteiger partial charge in [0.15, 0.2) is 5.69 Å². The van der Waals surface area contributed by atoms with Crippen LogP contribution in [-0.4, -0.2) is 40.0 Å². The Morgan fingerprint density at radius 3 is 2.73 bits per heavy atom. The van der Waals surface area contributed by atoms with E-state index < -0.39 is 0 Å². The highest BCUT2D eigenvalue weighted by Crippen LogP contribution is 2.20. The van der Waals surface area contributed by atoms with Crippen molar-refractivity contribution in [2.45, 2.75) is 59.0 Å². The molecule has 1 fully saturated rings. The molecule has 1 aliphatic rings. The number of nitrogens with zero attached hydrogens (tertiary/aromatic N) is 3. The highest BCUT2D eigenvalue weighted by atomic mass is 16.2. The molecule has 1 unspecified atom stereocenters. The van der Waals surface area contributed by atoms with E-state index in [-0.39, 0.29) is 11.9 Å². The number of amides is 1. The maximum Gasteiger partial charge on any atom is 0.273 e. The molecule has 0 bridgehead atoms. The van der Waals surface area contributed by atoms with Crippen LogP contribution in [-0.2, 0) is 6.42 Å². The number of piperidine rings is 1. The van der Waals surface area contributed by atoms with Gasteiger partial charge in [0.25, 0.3) is 5.91 Å². The normalized spacial score (nSPS) is 16.5. The molecule has 1 atom stereocenters. The zero-order valence-corrected chi connectivity index (χ0v) is 16.2. The van der Waals surface area contributed by atoms with Crippen molar-refractivity contribution in [2.75, 3.05) is 13.1 Å². The molecule has 2 aromatic rings. The van der Waals surface area contributed by atoms with Gasteiger partial charge in [-0.2, -0.15) is 0 Å². The van der Waals surface area contributed by atoms with Crippen LogP contribution >= 0.6 is 0 Å². The van der Waals surface area contributed by atoms with Gasteiger partial charge >= 0.3 is 0 Å². The van der Waals surface area contributed by atoms with Crippen LogP contribution in [0.25, 0.3) is 0 Å². The standard InChI is InChI=1S/C20H29N5O/c1-13-5-6-17(14(2)11-13)12-15(3)22-20(26)19-16(4)25(24-23-19)18-7-9-21-10-8-18/h5-6,11,15,18,21H,7-10,12H2,1-4H3,(H,22,26). The highest BCUT2D eigenvalue weighted by Gasteiger charge is 2.23. The summed E-state index contributed by atoms with van der Waals surface area (Å²) in [4.78, 5) is 12.7. The zero-order chi connectivity index (χ0) is 18.7. The summed E-state index contributed by atoms with van der Waals surface area (Å²) in [5, 5.41) is 14.8. The van der Waals surface area contributed by atoms with Crippen LogP contribution in [0.1, 0.15) is 58.7 Å². The molecule has 0 spiro atoms. The summed E-state index contributed by atoms with van der Waals surface area (Å²) < 4.78 is 1.92. The topological polar surface area (TPSA) is 71.8 Å². The van der Waals surface area contributed by atoms with Gasteiger partial charge in [-0.1, -0.05) is 29.0 Å². The van der Waals surface area contributed by atoms with Crippen LogP contribution < -0.4 is 10.6 Å². The van der Waals surface area contributed by atoms with Gasteiger partial charge in [0.1, 0.15) is 0 Å². The van der Waals surface area contributed by atoms with E-state index in [9.17, 15) is 4.79 Å². The Morgan fingerprint density at radius 2 is 2.04 bits per heavy atom. The number of hydrogen-bond acceptors (Lipinski definition) is 4. The largest absolute Gasteiger partial charge is 0.348 e. The second kappa shape index (κ2) is 7.99. The van der Waals surface area contributed by atoms with Gasteiger partial charge in [0.2, 0.25) is 0 Å². The van der Waals surface area contributed by atoms with Crippen LogP contribution in [0.2, 0.25) is 0 Å². The third-order valence-electron chi connectivity index (χ3n) is 5.20. The SMILES string of the molecule is Cc1ccc(CC(C)NC(=O)c2nnn(C3CCNCC3)c2C)c(C)c1. The predicted octanol–water partition coefficient (Wildman–Crippen LogP) is 2.49. The first-order chi connectivity index (χ1) is 12.5. The number of carbonyl (C=O) groups excluding carboxylic acids is 1. The van der Waals surface area contributed by atoms with Crippen molar-refractivity contribution in [1.82, 2.24) is 25.6 Å². The van der Waals surface area contributed by atoms with E-state index in [2.05, 4.69) is 53.0 Å². The summed E-state index contributed by atoms with van der Waals surface area (Å²) in [6.45, 7) is 10.1. The molecule has 0 radical (unpaired) electrons. The molecule has 0 saturated carbocycles. The molecule has 2 heterocycles. The number of nitrogens with one attached hydrogen (secondary N) is 2. The van der Waals surface area contributed by atoms with E-state index >= 15 is 0 Å². The molecule has 2 N–H and O–H groups in total. The van der Waals surface area contributed by atoms with Gasteiger partial charge in [0, 0.05) is 6.04 Å². The van der Waals surface area contributed by atoms with Crippen LogP contribution in [0, 0.1) is 20.8 Å². The molecule has 1 aliphatic heterocycles. The minimum Gasteiger partial charge on any atom is -0.348 e. The summed E-state index contributed by atoms with van der Waals surface area (Å²) in [6.07, 6.45) is 2.85. The Hall–Kier alpha value is -2.21. The van der Waals surface area contributed by atoms with Crippen molar-refractivity contribution < 1.29 is 4.79 Å². The zero-order valence-electron chi connectivity index (χ0n) is 16.2. The van der Waals surface area contributed by atoms with Crippen LogP contribution in [0.3, 0.4) is 0 Å². The Bertz CT molecular complexity index is 777. The van der Waals surface area contributed by atoms with Gasteiger partial charge in [-0.05, 0) is 71.2 Å². The molecule has 1 aromatic heterocycles. The van der Waals surface area contributed by atoms with E-state index in [4.69, 9.17) is 0 Å². The summed E-state index contributed by atoms with van der Waals surface area (Å²) in [7, 11) is 0. The number of aromatic nitrogens is 3. The van der Waals surface area contributed by atoms with Crippen molar-refractivity contribution in [3.8, 4) is 0 Å². The van der Waals surface area contributed by atoms with Crippen molar-refractivity contribution in [1.29, 1.82) is 0 Å². The average Bonchev–Trinajstić information content (AvgIpc) is 3.00. The first-order valence-corrected chi connectivity index (χ1v) is 9.45. The Balaban J connectivity index is 1.65. The fourth-order valence-electron chi connectivity index (χ4n) is 3.70. The Morgan fingerprint density at radius 1 is 1.31 bits per heavy atom. The molecule has 140 valence electrons. The van der Waals surface area contributed by atoms with Gasteiger partial charge in [-0.3, -0.25) is 4.79 Å². The summed E-state index contributed by atoms with van der Waals surface area (Å²) >= 11 is 0. The lowest BCUT2D eigenvalue weighted by Crippen LogP contribution is -2.35. The molecular weight excluding hydrogens is 326 g/mol. The predicted molar refractivity (Wildman–Crippen MR) is 102 cm³/mol. The maximum absolute atomic E-state index is 12.7.